The van der Waals surface area contributed by atoms with Gasteiger partial charge in [0.2, 0.25) is 0 Å². The monoisotopic (exact) mass is 347 g/mol. The van der Waals surface area contributed by atoms with Crippen LogP contribution in [0.5, 0.6) is 0 Å². The fourth-order valence-corrected chi connectivity index (χ4v) is 3.72. The molecule has 120 valence electrons. The second kappa shape index (κ2) is 6.83. The van der Waals surface area contributed by atoms with Crippen molar-refractivity contribution >= 4 is 33.8 Å². The van der Waals surface area contributed by atoms with Gasteiger partial charge in [0.05, 0.1) is 17.4 Å². The standard InChI is InChI=1S/C17H18ClN3OS/c1-10(2)16(14-4-3-7-23-14)19-9-15-20-13-8-11(18)5-6-12(13)17(22)21-15/h3-8,10,16,19H,9H2,1-2H3,(H,20,21,22)/t16-/m0/s1. The molecule has 2 N–H and O–H groups in total. The third-order valence-corrected chi connectivity index (χ3v) is 4.91. The van der Waals surface area contributed by atoms with Crippen LogP contribution >= 0.6 is 22.9 Å². The Morgan fingerprint density at radius 2 is 2.17 bits per heavy atom. The Hall–Kier alpha value is -1.69. The third-order valence-electron chi connectivity index (χ3n) is 3.72. The third kappa shape index (κ3) is 3.63. The molecule has 0 unspecified atom stereocenters. The Morgan fingerprint density at radius 1 is 1.35 bits per heavy atom. The van der Waals surface area contributed by atoms with Gasteiger partial charge in [-0.2, -0.15) is 0 Å². The molecule has 0 aliphatic rings. The summed E-state index contributed by atoms with van der Waals surface area (Å²) in [6.07, 6.45) is 0. The van der Waals surface area contributed by atoms with Gasteiger partial charge in [0, 0.05) is 15.9 Å². The zero-order chi connectivity index (χ0) is 16.4. The van der Waals surface area contributed by atoms with Crippen LogP contribution in [0.4, 0.5) is 0 Å². The molecule has 0 saturated heterocycles. The van der Waals surface area contributed by atoms with Crippen molar-refractivity contribution in [2.75, 3.05) is 0 Å². The van der Waals surface area contributed by atoms with Crippen molar-refractivity contribution in [2.45, 2.75) is 26.4 Å². The van der Waals surface area contributed by atoms with E-state index in [1.54, 1.807) is 29.5 Å². The van der Waals surface area contributed by atoms with E-state index in [1.807, 2.05) is 0 Å². The molecular formula is C17H18ClN3OS. The summed E-state index contributed by atoms with van der Waals surface area (Å²) in [7, 11) is 0. The smallest absolute Gasteiger partial charge is 0.258 e. The molecule has 0 aliphatic heterocycles. The van der Waals surface area contributed by atoms with E-state index in [1.165, 1.54) is 4.88 Å². The van der Waals surface area contributed by atoms with E-state index in [9.17, 15) is 4.79 Å². The Balaban J connectivity index is 1.85. The predicted octanol–water partition coefficient (Wildman–Crippen LogP) is 4.12. The Bertz CT molecular complexity index is 858. The molecule has 2 aromatic heterocycles. The Morgan fingerprint density at radius 3 is 2.87 bits per heavy atom. The van der Waals surface area contributed by atoms with Crippen LogP contribution in [0, 0.1) is 5.92 Å². The number of thiophene rings is 1. The number of halogens is 1. The summed E-state index contributed by atoms with van der Waals surface area (Å²) >= 11 is 7.72. The first-order chi connectivity index (χ1) is 11.0. The zero-order valence-electron chi connectivity index (χ0n) is 13.0. The number of hydrogen-bond donors (Lipinski definition) is 2. The van der Waals surface area contributed by atoms with E-state index in [-0.39, 0.29) is 11.6 Å². The van der Waals surface area contributed by atoms with Crippen LogP contribution in [0.15, 0.2) is 40.5 Å². The minimum atomic E-state index is -0.138. The molecule has 1 aromatic carbocycles. The van der Waals surface area contributed by atoms with Crippen LogP contribution in [0.25, 0.3) is 10.9 Å². The summed E-state index contributed by atoms with van der Waals surface area (Å²) in [6, 6.07) is 9.52. The number of nitrogens with one attached hydrogen (secondary N) is 2. The highest BCUT2D eigenvalue weighted by Crippen LogP contribution is 2.26. The Labute approximate surface area is 143 Å². The highest BCUT2D eigenvalue weighted by atomic mass is 35.5. The molecule has 0 saturated carbocycles. The molecule has 23 heavy (non-hydrogen) atoms. The average molecular weight is 348 g/mol. The first-order valence-corrected chi connectivity index (χ1v) is 8.75. The molecule has 1 atom stereocenters. The van der Waals surface area contributed by atoms with Gasteiger partial charge in [0.25, 0.3) is 5.56 Å². The first kappa shape index (κ1) is 16.2. The van der Waals surface area contributed by atoms with Crippen LogP contribution in [0.2, 0.25) is 5.02 Å². The van der Waals surface area contributed by atoms with Crippen molar-refractivity contribution in [3.8, 4) is 0 Å². The van der Waals surface area contributed by atoms with Crippen molar-refractivity contribution in [1.29, 1.82) is 0 Å². The lowest BCUT2D eigenvalue weighted by Crippen LogP contribution is -2.26. The zero-order valence-corrected chi connectivity index (χ0v) is 14.5. The first-order valence-electron chi connectivity index (χ1n) is 7.50. The molecule has 2 heterocycles. The molecule has 0 spiro atoms. The number of hydrogen-bond acceptors (Lipinski definition) is 4. The number of H-pyrrole nitrogens is 1. The maximum absolute atomic E-state index is 12.2. The van der Waals surface area contributed by atoms with Gasteiger partial charge < -0.3 is 10.3 Å². The number of rotatable bonds is 5. The summed E-state index contributed by atoms with van der Waals surface area (Å²) in [6.45, 7) is 4.85. The van der Waals surface area contributed by atoms with Gasteiger partial charge >= 0.3 is 0 Å². The minimum absolute atomic E-state index is 0.138. The SMILES string of the molecule is CC(C)[C@H](NCc1nc2cc(Cl)ccc2c(=O)[nH]1)c1cccs1. The fourth-order valence-electron chi connectivity index (χ4n) is 2.58. The fraction of sp³-hybridized carbons (Fsp3) is 0.294. The van der Waals surface area contributed by atoms with E-state index in [4.69, 9.17) is 11.6 Å². The van der Waals surface area contributed by atoms with Crippen LogP contribution in [-0.4, -0.2) is 9.97 Å². The lowest BCUT2D eigenvalue weighted by atomic mass is 10.0. The molecule has 6 heteroatoms. The number of aromatic amines is 1. The number of fused-ring (bicyclic) bond motifs is 1. The van der Waals surface area contributed by atoms with Gasteiger partial charge in [-0.15, -0.1) is 11.3 Å². The number of nitrogens with zero attached hydrogens (tertiary/aromatic N) is 1. The molecule has 0 amide bonds. The molecule has 3 rings (SSSR count). The molecule has 3 aromatic rings. The van der Waals surface area contributed by atoms with E-state index in [0.29, 0.717) is 34.2 Å². The van der Waals surface area contributed by atoms with E-state index >= 15 is 0 Å². The molecule has 0 radical (unpaired) electrons. The average Bonchev–Trinajstić information content (AvgIpc) is 3.00. The van der Waals surface area contributed by atoms with E-state index < -0.39 is 0 Å². The van der Waals surface area contributed by atoms with Gasteiger partial charge in [-0.05, 0) is 35.6 Å². The minimum Gasteiger partial charge on any atom is -0.309 e. The quantitative estimate of drug-likeness (QED) is 0.729. The number of benzene rings is 1. The highest BCUT2D eigenvalue weighted by molar-refractivity contribution is 7.10. The second-order valence-corrected chi connectivity index (χ2v) is 7.21. The predicted molar refractivity (Wildman–Crippen MR) is 96.1 cm³/mol. The molecule has 0 bridgehead atoms. The van der Waals surface area contributed by atoms with Crippen LogP contribution in [0.3, 0.4) is 0 Å². The largest absolute Gasteiger partial charge is 0.309 e. The van der Waals surface area contributed by atoms with Crippen LogP contribution in [-0.2, 0) is 6.54 Å². The Kier molecular flexibility index (Phi) is 4.80. The van der Waals surface area contributed by atoms with Gasteiger partial charge in [-0.3, -0.25) is 4.79 Å². The normalized spacial score (nSPS) is 12.9. The van der Waals surface area contributed by atoms with Gasteiger partial charge in [0.15, 0.2) is 0 Å². The van der Waals surface area contributed by atoms with Gasteiger partial charge in [0.1, 0.15) is 5.82 Å². The molecule has 4 nitrogen and oxygen atoms in total. The maximum Gasteiger partial charge on any atom is 0.258 e. The highest BCUT2D eigenvalue weighted by Gasteiger charge is 2.16. The van der Waals surface area contributed by atoms with Crippen molar-refractivity contribution < 1.29 is 0 Å². The van der Waals surface area contributed by atoms with Crippen LogP contribution in [0.1, 0.15) is 30.6 Å². The van der Waals surface area contributed by atoms with Gasteiger partial charge in [-0.1, -0.05) is 31.5 Å². The van der Waals surface area contributed by atoms with E-state index in [0.717, 1.165) is 0 Å². The van der Waals surface area contributed by atoms with Crippen molar-refractivity contribution in [3.63, 3.8) is 0 Å². The van der Waals surface area contributed by atoms with Gasteiger partial charge in [-0.25, -0.2) is 4.98 Å². The van der Waals surface area contributed by atoms with Crippen molar-refractivity contribution in [1.82, 2.24) is 15.3 Å². The molecular weight excluding hydrogens is 330 g/mol. The van der Waals surface area contributed by atoms with E-state index in [2.05, 4.69) is 46.6 Å². The second-order valence-electron chi connectivity index (χ2n) is 5.79. The lowest BCUT2D eigenvalue weighted by molar-refractivity contribution is 0.411. The molecule has 0 aliphatic carbocycles. The molecule has 0 fully saturated rings. The topological polar surface area (TPSA) is 57.8 Å². The summed E-state index contributed by atoms with van der Waals surface area (Å²) in [5, 5.41) is 6.69. The van der Waals surface area contributed by atoms with Crippen molar-refractivity contribution in [3.05, 3.63) is 61.8 Å². The maximum atomic E-state index is 12.2. The number of aromatic nitrogens is 2. The lowest BCUT2D eigenvalue weighted by Gasteiger charge is -2.21. The summed E-state index contributed by atoms with van der Waals surface area (Å²) in [4.78, 5) is 20.8. The summed E-state index contributed by atoms with van der Waals surface area (Å²) < 4.78 is 0. The summed E-state index contributed by atoms with van der Waals surface area (Å²) in [5.74, 6) is 1.06. The van der Waals surface area contributed by atoms with Crippen molar-refractivity contribution in [2.24, 2.45) is 5.92 Å². The van der Waals surface area contributed by atoms with Crippen LogP contribution < -0.4 is 10.9 Å². The summed E-state index contributed by atoms with van der Waals surface area (Å²) in [5.41, 5.74) is 0.482.